The zero-order valence-corrected chi connectivity index (χ0v) is 16.3. The van der Waals surface area contributed by atoms with Crippen LogP contribution in [0.25, 0.3) is 0 Å². The molecule has 3 aliphatic heterocycles. The number of hydrogen-bond donors (Lipinski definition) is 2. The molecule has 1 aromatic carbocycles. The van der Waals surface area contributed by atoms with E-state index < -0.39 is 0 Å². The first-order valence-corrected chi connectivity index (χ1v) is 10.3. The van der Waals surface area contributed by atoms with Crippen molar-refractivity contribution < 1.29 is 9.47 Å². The molecule has 1 atom stereocenters. The number of benzene rings is 1. The molecular formula is C21H27N5O2. The summed E-state index contributed by atoms with van der Waals surface area (Å²) in [7, 11) is 0. The first-order valence-electron chi connectivity index (χ1n) is 10.3. The topological polar surface area (TPSA) is 71.5 Å². The first kappa shape index (κ1) is 17.7. The Morgan fingerprint density at radius 2 is 1.93 bits per heavy atom. The number of morpholine rings is 1. The smallest absolute Gasteiger partial charge is 0.143 e. The Morgan fingerprint density at radius 1 is 1.11 bits per heavy atom. The fraction of sp³-hybridized carbons (Fsp3) is 0.524. The van der Waals surface area contributed by atoms with Crippen molar-refractivity contribution in [2.24, 2.45) is 0 Å². The minimum atomic E-state index is -0.132. The molecule has 2 N–H and O–H groups in total. The van der Waals surface area contributed by atoms with Gasteiger partial charge in [-0.05, 0) is 56.5 Å². The summed E-state index contributed by atoms with van der Waals surface area (Å²) in [4.78, 5) is 11.4. The predicted molar refractivity (Wildman–Crippen MR) is 109 cm³/mol. The largest absolute Gasteiger partial charge is 0.484 e. The van der Waals surface area contributed by atoms with E-state index in [4.69, 9.17) is 9.47 Å². The molecule has 0 amide bonds. The van der Waals surface area contributed by atoms with E-state index >= 15 is 0 Å². The Hall–Kier alpha value is -2.38. The molecule has 2 fully saturated rings. The molecule has 0 bridgehead atoms. The summed E-state index contributed by atoms with van der Waals surface area (Å²) < 4.78 is 11.8. The number of fused-ring (bicyclic) bond motifs is 2. The Bertz CT molecular complexity index is 847. The molecule has 0 aliphatic carbocycles. The molecule has 7 nitrogen and oxygen atoms in total. The first-order chi connectivity index (χ1) is 13.8. The molecule has 2 saturated heterocycles. The second-order valence-electron chi connectivity index (χ2n) is 7.72. The average molecular weight is 381 g/mol. The maximum atomic E-state index is 6.34. The Kier molecular flexibility index (Phi) is 4.78. The minimum Gasteiger partial charge on any atom is -0.484 e. The number of piperidine rings is 1. The van der Waals surface area contributed by atoms with Gasteiger partial charge in [0.15, 0.2) is 0 Å². The summed E-state index contributed by atoms with van der Waals surface area (Å²) in [6, 6.07) is 6.56. The molecule has 0 spiro atoms. The predicted octanol–water partition coefficient (Wildman–Crippen LogP) is 2.98. The van der Waals surface area contributed by atoms with E-state index in [9.17, 15) is 0 Å². The third-order valence-electron chi connectivity index (χ3n) is 5.95. The quantitative estimate of drug-likeness (QED) is 0.829. The third-order valence-corrected chi connectivity index (χ3v) is 5.95. The van der Waals surface area contributed by atoms with Gasteiger partial charge in [-0.15, -0.1) is 0 Å². The fourth-order valence-electron chi connectivity index (χ4n) is 4.42. The molecule has 1 aromatic heterocycles. The van der Waals surface area contributed by atoms with Crippen molar-refractivity contribution >= 4 is 17.3 Å². The van der Waals surface area contributed by atoms with Crippen LogP contribution in [-0.2, 0) is 4.74 Å². The molecule has 0 saturated carbocycles. The van der Waals surface area contributed by atoms with Crippen LogP contribution in [0, 0.1) is 0 Å². The molecule has 1 unspecified atom stereocenters. The van der Waals surface area contributed by atoms with E-state index in [1.165, 1.54) is 18.4 Å². The second kappa shape index (κ2) is 7.56. The van der Waals surface area contributed by atoms with Crippen molar-refractivity contribution in [2.75, 3.05) is 49.6 Å². The van der Waals surface area contributed by atoms with Gasteiger partial charge in [-0.2, -0.15) is 0 Å². The summed E-state index contributed by atoms with van der Waals surface area (Å²) >= 11 is 0. The number of hydrogen-bond acceptors (Lipinski definition) is 7. The number of ether oxygens (including phenoxy) is 2. The van der Waals surface area contributed by atoms with Crippen LogP contribution in [-0.4, -0.2) is 49.4 Å². The highest BCUT2D eigenvalue weighted by Gasteiger charge is 2.28. The van der Waals surface area contributed by atoms with Crippen molar-refractivity contribution in [1.82, 2.24) is 15.3 Å². The molecular weight excluding hydrogens is 354 g/mol. The molecule has 7 heteroatoms. The Labute approximate surface area is 165 Å². The zero-order chi connectivity index (χ0) is 18.9. The van der Waals surface area contributed by atoms with Gasteiger partial charge in [0.1, 0.15) is 29.8 Å². The van der Waals surface area contributed by atoms with Crippen LogP contribution in [0.3, 0.4) is 0 Å². The molecule has 148 valence electrons. The standard InChI is InChI=1S/C21H27N5O2/c1-14-19-20(23-13-24-21(19)26-8-10-27-11-9-26)25-17-12-16(2-3-18(17)28-14)15-4-6-22-7-5-15/h2-3,12-15,22H,4-11H2,1H3,(H,23,24,25). The van der Waals surface area contributed by atoms with Crippen molar-refractivity contribution in [3.8, 4) is 5.75 Å². The lowest BCUT2D eigenvalue weighted by Gasteiger charge is -2.30. The lowest BCUT2D eigenvalue weighted by molar-refractivity contribution is 0.122. The van der Waals surface area contributed by atoms with Crippen LogP contribution in [0.15, 0.2) is 24.5 Å². The minimum absolute atomic E-state index is 0.132. The van der Waals surface area contributed by atoms with Gasteiger partial charge in [0.2, 0.25) is 0 Å². The van der Waals surface area contributed by atoms with Gasteiger partial charge in [-0.1, -0.05) is 6.07 Å². The molecule has 28 heavy (non-hydrogen) atoms. The molecule has 4 heterocycles. The lowest BCUT2D eigenvalue weighted by Crippen LogP contribution is -2.37. The van der Waals surface area contributed by atoms with Crippen LogP contribution in [0.1, 0.15) is 42.9 Å². The Morgan fingerprint density at radius 3 is 2.75 bits per heavy atom. The number of nitrogens with one attached hydrogen (secondary N) is 2. The number of nitrogens with zero attached hydrogens (tertiary/aromatic N) is 3. The van der Waals surface area contributed by atoms with Crippen molar-refractivity contribution in [2.45, 2.75) is 31.8 Å². The summed E-state index contributed by atoms with van der Waals surface area (Å²) in [6.07, 6.45) is 3.87. The maximum Gasteiger partial charge on any atom is 0.143 e. The SMILES string of the molecule is CC1Oc2ccc(C3CCNCC3)cc2Nc2ncnc(N3CCOCC3)c21. The summed E-state index contributed by atoms with van der Waals surface area (Å²) in [5.41, 5.74) is 3.38. The molecule has 2 aromatic rings. The second-order valence-corrected chi connectivity index (χ2v) is 7.72. The summed E-state index contributed by atoms with van der Waals surface area (Å²) in [5, 5.41) is 6.98. The number of anilines is 3. The summed E-state index contributed by atoms with van der Waals surface area (Å²) in [6.45, 7) is 7.36. The zero-order valence-electron chi connectivity index (χ0n) is 16.3. The average Bonchev–Trinajstić information content (AvgIpc) is 2.90. The molecule has 0 radical (unpaired) electrons. The van der Waals surface area contributed by atoms with Crippen LogP contribution < -0.4 is 20.3 Å². The highest BCUT2D eigenvalue weighted by Crippen LogP contribution is 2.42. The van der Waals surface area contributed by atoms with Crippen LogP contribution in [0.2, 0.25) is 0 Å². The van der Waals surface area contributed by atoms with Gasteiger partial charge in [0.25, 0.3) is 0 Å². The maximum absolute atomic E-state index is 6.34. The Balaban J connectivity index is 1.49. The third kappa shape index (κ3) is 3.29. The monoisotopic (exact) mass is 381 g/mol. The van der Waals surface area contributed by atoms with Gasteiger partial charge in [-0.3, -0.25) is 0 Å². The van der Waals surface area contributed by atoms with Crippen molar-refractivity contribution in [3.63, 3.8) is 0 Å². The van der Waals surface area contributed by atoms with Crippen LogP contribution in [0.4, 0.5) is 17.3 Å². The van der Waals surface area contributed by atoms with E-state index in [2.05, 4.69) is 50.6 Å². The molecule has 5 rings (SSSR count). The number of aromatic nitrogens is 2. The molecule has 3 aliphatic rings. The van der Waals surface area contributed by atoms with E-state index in [1.54, 1.807) is 6.33 Å². The fourth-order valence-corrected chi connectivity index (χ4v) is 4.42. The summed E-state index contributed by atoms with van der Waals surface area (Å²) in [5.74, 6) is 3.25. The highest BCUT2D eigenvalue weighted by molar-refractivity contribution is 5.72. The van der Waals surface area contributed by atoms with E-state index in [0.717, 1.165) is 68.0 Å². The van der Waals surface area contributed by atoms with Gasteiger partial charge in [0, 0.05) is 13.1 Å². The highest BCUT2D eigenvalue weighted by atomic mass is 16.5. The lowest BCUT2D eigenvalue weighted by atomic mass is 9.90. The van der Waals surface area contributed by atoms with Gasteiger partial charge in [0.05, 0.1) is 24.5 Å². The van der Waals surface area contributed by atoms with Crippen LogP contribution in [0.5, 0.6) is 5.75 Å². The van der Waals surface area contributed by atoms with E-state index in [0.29, 0.717) is 5.92 Å². The number of rotatable bonds is 2. The van der Waals surface area contributed by atoms with Gasteiger partial charge in [-0.25, -0.2) is 9.97 Å². The van der Waals surface area contributed by atoms with Gasteiger partial charge >= 0.3 is 0 Å². The van der Waals surface area contributed by atoms with E-state index in [1.807, 2.05) is 0 Å². The van der Waals surface area contributed by atoms with Crippen molar-refractivity contribution in [3.05, 3.63) is 35.7 Å². The normalized spacial score (nSPS) is 22.5. The van der Waals surface area contributed by atoms with E-state index in [-0.39, 0.29) is 6.10 Å². The van der Waals surface area contributed by atoms with Crippen LogP contribution >= 0.6 is 0 Å². The van der Waals surface area contributed by atoms with Gasteiger partial charge < -0.3 is 25.0 Å². The van der Waals surface area contributed by atoms with Crippen molar-refractivity contribution in [1.29, 1.82) is 0 Å².